The number of ether oxygens (including phenoxy) is 2. The summed E-state index contributed by atoms with van der Waals surface area (Å²) in [4.78, 5) is 27.6. The number of pyridine rings is 1. The Balaban J connectivity index is 1.94. The van der Waals surface area contributed by atoms with Crippen LogP contribution in [0.3, 0.4) is 0 Å². The van der Waals surface area contributed by atoms with Crippen LogP contribution < -0.4 is 4.74 Å². The second-order valence-electron chi connectivity index (χ2n) is 7.84. The number of nitrogens with zero attached hydrogens (tertiary/aromatic N) is 4. The minimum Gasteiger partial charge on any atom is -0.475 e. The van der Waals surface area contributed by atoms with E-state index < -0.39 is 5.60 Å². The number of hydrogen-bond acceptors (Lipinski definition) is 6. The van der Waals surface area contributed by atoms with Crippen LogP contribution in [0, 0.1) is 0 Å². The van der Waals surface area contributed by atoms with Crippen molar-refractivity contribution in [3.8, 4) is 17.3 Å². The fourth-order valence-corrected chi connectivity index (χ4v) is 2.81. The summed E-state index contributed by atoms with van der Waals surface area (Å²) in [5.74, 6) is 1.10. The first-order chi connectivity index (χ1) is 12.7. The predicted molar refractivity (Wildman–Crippen MR) is 101 cm³/mol. The summed E-state index contributed by atoms with van der Waals surface area (Å²) in [6.45, 7) is 10.4. The van der Waals surface area contributed by atoms with E-state index in [4.69, 9.17) is 14.5 Å². The van der Waals surface area contributed by atoms with Crippen LogP contribution in [0.4, 0.5) is 4.79 Å². The van der Waals surface area contributed by atoms with Crippen molar-refractivity contribution >= 4 is 6.09 Å². The van der Waals surface area contributed by atoms with Gasteiger partial charge in [0.15, 0.2) is 5.82 Å². The molecule has 7 nitrogen and oxygen atoms in total. The molecule has 0 spiro atoms. The van der Waals surface area contributed by atoms with Gasteiger partial charge in [-0.3, -0.25) is 4.98 Å². The van der Waals surface area contributed by atoms with E-state index in [-0.39, 0.29) is 12.2 Å². The van der Waals surface area contributed by atoms with Crippen LogP contribution in [0.1, 0.15) is 45.9 Å². The summed E-state index contributed by atoms with van der Waals surface area (Å²) in [6, 6.07) is 3.77. The van der Waals surface area contributed by atoms with Crippen molar-refractivity contribution in [2.75, 3.05) is 6.54 Å². The molecule has 0 N–H and O–H groups in total. The number of carbonyl (C=O) groups excluding carboxylic acids is 1. The average molecular weight is 370 g/mol. The Morgan fingerprint density at radius 2 is 2.04 bits per heavy atom. The van der Waals surface area contributed by atoms with Gasteiger partial charge in [0.05, 0.1) is 23.9 Å². The number of fused-ring (bicyclic) bond motifs is 1. The van der Waals surface area contributed by atoms with Gasteiger partial charge in [-0.25, -0.2) is 9.78 Å². The first-order valence-corrected chi connectivity index (χ1v) is 9.17. The van der Waals surface area contributed by atoms with Crippen LogP contribution in [-0.2, 0) is 17.7 Å². The Kier molecular flexibility index (Phi) is 5.30. The van der Waals surface area contributed by atoms with E-state index in [1.165, 1.54) is 0 Å². The molecule has 0 radical (unpaired) electrons. The van der Waals surface area contributed by atoms with Crippen molar-refractivity contribution in [2.45, 2.75) is 59.3 Å². The monoisotopic (exact) mass is 370 g/mol. The molecule has 2 aromatic heterocycles. The summed E-state index contributed by atoms with van der Waals surface area (Å²) < 4.78 is 11.5. The van der Waals surface area contributed by atoms with E-state index in [1.807, 2.05) is 46.8 Å². The Labute approximate surface area is 159 Å². The average Bonchev–Trinajstić information content (AvgIpc) is 2.60. The zero-order chi connectivity index (χ0) is 19.6. The van der Waals surface area contributed by atoms with E-state index in [0.717, 1.165) is 16.8 Å². The number of amides is 1. The molecular formula is C20H26N4O3. The van der Waals surface area contributed by atoms with E-state index in [0.29, 0.717) is 31.2 Å². The number of carbonyl (C=O) groups is 1. The molecule has 0 unspecified atom stereocenters. The lowest BCUT2D eigenvalue weighted by atomic mass is 10.1. The Morgan fingerprint density at radius 3 is 2.67 bits per heavy atom. The zero-order valence-corrected chi connectivity index (χ0v) is 16.5. The highest BCUT2D eigenvalue weighted by Crippen LogP contribution is 2.30. The topological polar surface area (TPSA) is 77.4 Å². The molecular weight excluding hydrogens is 344 g/mol. The second-order valence-corrected chi connectivity index (χ2v) is 7.84. The maximum absolute atomic E-state index is 12.5. The normalized spacial score (nSPS) is 14.1. The molecule has 0 saturated carbocycles. The summed E-state index contributed by atoms with van der Waals surface area (Å²) in [5, 5.41) is 0. The first kappa shape index (κ1) is 19.1. The predicted octanol–water partition coefficient (Wildman–Crippen LogP) is 3.62. The van der Waals surface area contributed by atoms with E-state index in [1.54, 1.807) is 17.3 Å². The van der Waals surface area contributed by atoms with Gasteiger partial charge in [0.25, 0.3) is 0 Å². The molecule has 0 aromatic carbocycles. The molecule has 2 aromatic rings. The summed E-state index contributed by atoms with van der Waals surface area (Å²) in [7, 11) is 0. The van der Waals surface area contributed by atoms with Gasteiger partial charge in [-0.05, 0) is 46.8 Å². The van der Waals surface area contributed by atoms with Gasteiger partial charge >= 0.3 is 6.09 Å². The Bertz CT molecular complexity index is 816. The molecule has 0 aliphatic carbocycles. The van der Waals surface area contributed by atoms with Crippen LogP contribution >= 0.6 is 0 Å². The van der Waals surface area contributed by atoms with Crippen LogP contribution in [0.25, 0.3) is 11.4 Å². The van der Waals surface area contributed by atoms with E-state index in [2.05, 4.69) is 9.97 Å². The Morgan fingerprint density at radius 1 is 1.26 bits per heavy atom. The van der Waals surface area contributed by atoms with Crippen molar-refractivity contribution in [1.82, 2.24) is 19.9 Å². The third-order valence-electron chi connectivity index (χ3n) is 3.94. The number of rotatable bonds is 3. The fraction of sp³-hybridized carbons (Fsp3) is 0.500. The SMILES string of the molecule is CC(C)Oc1nc(-c2cccnc2)nc2c1CN(C(=O)OC(C)(C)C)CC2. The largest absolute Gasteiger partial charge is 0.475 e. The van der Waals surface area contributed by atoms with Crippen LogP contribution in [-0.4, -0.2) is 44.2 Å². The van der Waals surface area contributed by atoms with Gasteiger partial charge in [0, 0.05) is 30.9 Å². The summed E-state index contributed by atoms with van der Waals surface area (Å²) in [6.07, 6.45) is 3.70. The lowest BCUT2D eigenvalue weighted by Crippen LogP contribution is -2.40. The number of hydrogen-bond donors (Lipinski definition) is 0. The molecule has 144 valence electrons. The fourth-order valence-electron chi connectivity index (χ4n) is 2.81. The zero-order valence-electron chi connectivity index (χ0n) is 16.5. The molecule has 3 heterocycles. The molecule has 0 bridgehead atoms. The highest BCUT2D eigenvalue weighted by Gasteiger charge is 2.29. The van der Waals surface area contributed by atoms with Crippen LogP contribution in [0.5, 0.6) is 5.88 Å². The minimum atomic E-state index is -0.532. The van der Waals surface area contributed by atoms with E-state index >= 15 is 0 Å². The molecule has 3 rings (SSSR count). The van der Waals surface area contributed by atoms with Gasteiger partial charge in [-0.15, -0.1) is 0 Å². The molecule has 1 aliphatic heterocycles. The van der Waals surface area contributed by atoms with Crippen molar-refractivity contribution in [3.05, 3.63) is 35.8 Å². The lowest BCUT2D eigenvalue weighted by Gasteiger charge is -2.31. The molecule has 0 saturated heterocycles. The highest BCUT2D eigenvalue weighted by molar-refractivity contribution is 5.69. The van der Waals surface area contributed by atoms with Gasteiger partial charge in [0.2, 0.25) is 5.88 Å². The molecule has 27 heavy (non-hydrogen) atoms. The van der Waals surface area contributed by atoms with Gasteiger partial charge < -0.3 is 14.4 Å². The lowest BCUT2D eigenvalue weighted by molar-refractivity contribution is 0.0220. The van der Waals surface area contributed by atoms with Gasteiger partial charge in [-0.2, -0.15) is 4.98 Å². The second kappa shape index (κ2) is 7.50. The van der Waals surface area contributed by atoms with Crippen molar-refractivity contribution in [1.29, 1.82) is 0 Å². The maximum atomic E-state index is 12.5. The quantitative estimate of drug-likeness (QED) is 0.821. The summed E-state index contributed by atoms with van der Waals surface area (Å²) >= 11 is 0. The van der Waals surface area contributed by atoms with Gasteiger partial charge in [-0.1, -0.05) is 0 Å². The van der Waals surface area contributed by atoms with Crippen molar-refractivity contribution in [3.63, 3.8) is 0 Å². The third-order valence-corrected chi connectivity index (χ3v) is 3.94. The van der Waals surface area contributed by atoms with Crippen LogP contribution in [0.2, 0.25) is 0 Å². The molecule has 7 heteroatoms. The van der Waals surface area contributed by atoms with Crippen LogP contribution in [0.15, 0.2) is 24.5 Å². The smallest absolute Gasteiger partial charge is 0.410 e. The van der Waals surface area contributed by atoms with Crippen molar-refractivity contribution in [2.24, 2.45) is 0 Å². The first-order valence-electron chi connectivity index (χ1n) is 9.17. The van der Waals surface area contributed by atoms with Gasteiger partial charge in [0.1, 0.15) is 5.60 Å². The summed E-state index contributed by atoms with van der Waals surface area (Å²) in [5.41, 5.74) is 2.05. The number of aromatic nitrogens is 3. The molecule has 0 fully saturated rings. The van der Waals surface area contributed by atoms with E-state index in [9.17, 15) is 4.79 Å². The maximum Gasteiger partial charge on any atom is 0.410 e. The van der Waals surface area contributed by atoms with Crippen molar-refractivity contribution < 1.29 is 14.3 Å². The third kappa shape index (κ3) is 4.72. The minimum absolute atomic E-state index is 0.0392. The molecule has 1 amide bonds. The molecule has 0 atom stereocenters. The Hall–Kier alpha value is -2.70. The standard InChI is InChI=1S/C20H26N4O3/c1-13(2)26-18-15-12-24(19(25)27-20(3,4)5)10-8-16(15)22-17(23-18)14-7-6-9-21-11-14/h6-7,9,11,13H,8,10,12H2,1-5H3. The molecule has 1 aliphatic rings. The highest BCUT2D eigenvalue weighted by atomic mass is 16.6.